The van der Waals surface area contributed by atoms with E-state index in [4.69, 9.17) is 9.84 Å². The van der Waals surface area contributed by atoms with Crippen LogP contribution in [0.25, 0.3) is 0 Å². The number of pyridine rings is 1. The lowest BCUT2D eigenvalue weighted by molar-refractivity contribution is -0.129. The molecule has 0 saturated carbocycles. The van der Waals surface area contributed by atoms with Crippen molar-refractivity contribution in [2.24, 2.45) is 0 Å². The zero-order valence-electron chi connectivity index (χ0n) is 30.3. The molecular weight excluding hydrogens is 654 g/mol. The number of carbonyl (C=O) groups is 2. The Morgan fingerprint density at radius 3 is 2.41 bits per heavy atom. The number of nitrogens with zero attached hydrogens (tertiary/aromatic N) is 8. The van der Waals surface area contributed by atoms with E-state index < -0.39 is 12.0 Å². The number of alkyl halides is 2. The van der Waals surface area contributed by atoms with Gasteiger partial charge in [-0.05, 0) is 82.8 Å². The van der Waals surface area contributed by atoms with Gasteiger partial charge in [-0.3, -0.25) is 14.5 Å². The van der Waals surface area contributed by atoms with Crippen molar-refractivity contribution in [3.05, 3.63) is 58.5 Å². The molecule has 272 valence electrons. The highest BCUT2D eigenvalue weighted by Gasteiger charge is 2.51. The monoisotopic (exact) mass is 702 g/mol. The second-order valence-electron chi connectivity index (χ2n) is 16.1. The van der Waals surface area contributed by atoms with Gasteiger partial charge in [0.15, 0.2) is 5.82 Å². The zero-order chi connectivity index (χ0) is 35.8. The summed E-state index contributed by atoms with van der Waals surface area (Å²) in [6.07, 6.45) is 4.38. The summed E-state index contributed by atoms with van der Waals surface area (Å²) in [6.45, 7) is 12.4. The molecule has 0 atom stereocenters. The number of likely N-dealkylation sites (tertiary alicyclic amines) is 2. The number of benzene rings is 1. The first-order chi connectivity index (χ1) is 24.3. The van der Waals surface area contributed by atoms with E-state index in [-0.39, 0.29) is 29.0 Å². The van der Waals surface area contributed by atoms with Gasteiger partial charge in [0, 0.05) is 93.3 Å². The molecule has 5 aliphatic heterocycles. The van der Waals surface area contributed by atoms with E-state index >= 15 is 8.78 Å². The average Bonchev–Trinajstić information content (AvgIpc) is 3.63. The number of aromatic nitrogens is 3. The maximum atomic E-state index is 15.2. The molecule has 8 rings (SSSR count). The second kappa shape index (κ2) is 12.5. The Balaban J connectivity index is 1.15. The number of amides is 2. The van der Waals surface area contributed by atoms with Crippen molar-refractivity contribution in [3.63, 3.8) is 0 Å². The fraction of sp³-hybridized carbons (Fsp3) is 0.579. The van der Waals surface area contributed by atoms with Gasteiger partial charge in [-0.15, -0.1) is 0 Å². The number of hydrogen-bond acceptors (Lipinski definition) is 8. The third-order valence-electron chi connectivity index (χ3n) is 11.4. The van der Waals surface area contributed by atoms with Crippen molar-refractivity contribution in [3.8, 4) is 0 Å². The lowest BCUT2D eigenvalue weighted by Gasteiger charge is -2.46. The predicted octanol–water partition coefficient (Wildman–Crippen LogP) is 6.11. The average molecular weight is 703 g/mol. The van der Waals surface area contributed by atoms with Gasteiger partial charge >= 0.3 is 6.09 Å². The smallest absolute Gasteiger partial charge is 0.410 e. The number of anilines is 4. The number of halogens is 2. The van der Waals surface area contributed by atoms with Crippen molar-refractivity contribution < 1.29 is 23.1 Å². The fourth-order valence-electron chi connectivity index (χ4n) is 9.09. The summed E-state index contributed by atoms with van der Waals surface area (Å²) < 4.78 is 38.1. The fourth-order valence-corrected chi connectivity index (χ4v) is 9.09. The molecule has 5 aliphatic rings. The number of hydrogen-bond donors (Lipinski definition) is 0. The minimum absolute atomic E-state index is 0.00417. The van der Waals surface area contributed by atoms with E-state index in [1.54, 1.807) is 24.1 Å². The predicted molar refractivity (Wildman–Crippen MR) is 190 cm³/mol. The SMILES string of the molecule is CC(=O)N1CCc2c(c(N3CCCc4cc(N5CC6(CN(C)C6)c6ccncc65)c(C(F)F)cc43)nn2C2CCN(C(=O)OC(C)(C)C)CC2)C1. The molecule has 0 aliphatic carbocycles. The molecule has 2 fully saturated rings. The Labute approximate surface area is 298 Å². The third kappa shape index (κ3) is 5.90. The van der Waals surface area contributed by atoms with Gasteiger partial charge in [0.25, 0.3) is 6.43 Å². The quantitative estimate of drug-likeness (QED) is 0.322. The van der Waals surface area contributed by atoms with Gasteiger partial charge < -0.3 is 29.2 Å². The van der Waals surface area contributed by atoms with Gasteiger partial charge in [-0.2, -0.15) is 5.10 Å². The van der Waals surface area contributed by atoms with E-state index in [9.17, 15) is 9.59 Å². The van der Waals surface area contributed by atoms with Crippen LogP contribution in [0.3, 0.4) is 0 Å². The first-order valence-electron chi connectivity index (χ1n) is 18.3. The summed E-state index contributed by atoms with van der Waals surface area (Å²) in [4.78, 5) is 39.9. The summed E-state index contributed by atoms with van der Waals surface area (Å²) in [5.41, 5.74) is 5.85. The Bertz CT molecular complexity index is 1860. The molecule has 11 nitrogen and oxygen atoms in total. The Hall–Kier alpha value is -4.26. The summed E-state index contributed by atoms with van der Waals surface area (Å²) in [6, 6.07) is 5.80. The molecule has 7 heterocycles. The van der Waals surface area contributed by atoms with Crippen LogP contribution in [0.5, 0.6) is 0 Å². The number of carbonyl (C=O) groups excluding carboxylic acids is 2. The van der Waals surface area contributed by atoms with E-state index in [1.807, 2.05) is 37.9 Å². The van der Waals surface area contributed by atoms with E-state index in [2.05, 4.69) is 37.5 Å². The molecule has 13 heteroatoms. The van der Waals surface area contributed by atoms with Gasteiger partial charge in [-0.1, -0.05) is 0 Å². The van der Waals surface area contributed by atoms with Crippen molar-refractivity contribution in [1.29, 1.82) is 0 Å². The lowest BCUT2D eigenvalue weighted by atomic mass is 9.76. The van der Waals surface area contributed by atoms with Gasteiger partial charge in [0.2, 0.25) is 5.91 Å². The first kappa shape index (κ1) is 33.9. The van der Waals surface area contributed by atoms with Crippen LogP contribution in [0.4, 0.5) is 36.5 Å². The molecule has 0 bridgehead atoms. The molecule has 3 aromatic rings. The number of aryl methyl sites for hydroxylation is 1. The molecule has 0 N–H and O–H groups in total. The van der Waals surface area contributed by atoms with Crippen LogP contribution < -0.4 is 9.80 Å². The van der Waals surface area contributed by atoms with Crippen LogP contribution in [0.15, 0.2) is 30.6 Å². The lowest BCUT2D eigenvalue weighted by Crippen LogP contribution is -2.59. The van der Waals surface area contributed by atoms with Gasteiger partial charge in [0.1, 0.15) is 5.60 Å². The van der Waals surface area contributed by atoms with Crippen molar-refractivity contribution >= 4 is 34.9 Å². The Morgan fingerprint density at radius 1 is 0.961 bits per heavy atom. The minimum atomic E-state index is -2.68. The minimum Gasteiger partial charge on any atom is -0.444 e. The van der Waals surface area contributed by atoms with Gasteiger partial charge in [0.05, 0.1) is 30.2 Å². The highest BCUT2D eigenvalue weighted by molar-refractivity contribution is 5.80. The van der Waals surface area contributed by atoms with Crippen LogP contribution in [0.1, 0.15) is 87.4 Å². The van der Waals surface area contributed by atoms with E-state index in [0.29, 0.717) is 51.4 Å². The van der Waals surface area contributed by atoms with Crippen LogP contribution in [-0.4, -0.2) is 99.9 Å². The maximum absolute atomic E-state index is 15.2. The Morgan fingerprint density at radius 2 is 1.73 bits per heavy atom. The zero-order valence-corrected chi connectivity index (χ0v) is 30.3. The summed E-state index contributed by atoms with van der Waals surface area (Å²) in [5, 5.41) is 5.27. The molecule has 1 spiro atoms. The van der Waals surface area contributed by atoms with E-state index in [0.717, 1.165) is 72.8 Å². The topological polar surface area (TPSA) is 90.3 Å². The molecule has 2 aromatic heterocycles. The van der Waals surface area contributed by atoms with Gasteiger partial charge in [-0.25, -0.2) is 13.6 Å². The Kier molecular flexibility index (Phi) is 8.27. The molecule has 1 aromatic carbocycles. The van der Waals surface area contributed by atoms with Crippen molar-refractivity contribution in [1.82, 2.24) is 29.5 Å². The number of piperidine rings is 1. The standard InChI is InChI=1S/C38H48F2N8O3/c1-24(49)45-16-11-30-28(20-45)35(42-48(30)26-9-14-44(15-10-26)36(50)51-37(2,3)4)46-13-6-7-25-17-32(27(34(39)40)18-31(25)46)47-23-38(21-43(5)22-38)29-8-12-41-19-33(29)47/h8,12,17-19,26,34H,6-7,9-11,13-16,20-23H2,1-5H3. The van der Waals surface area contributed by atoms with Crippen LogP contribution in [-0.2, 0) is 34.3 Å². The van der Waals surface area contributed by atoms with Crippen molar-refractivity contribution in [2.45, 2.75) is 89.8 Å². The normalized spacial score (nSPS) is 20.4. The van der Waals surface area contributed by atoms with Crippen LogP contribution in [0.2, 0.25) is 0 Å². The molecule has 2 amide bonds. The third-order valence-corrected chi connectivity index (χ3v) is 11.4. The highest BCUT2D eigenvalue weighted by atomic mass is 19.3. The van der Waals surface area contributed by atoms with Crippen LogP contribution in [0, 0.1) is 0 Å². The molecule has 0 radical (unpaired) electrons. The molecule has 51 heavy (non-hydrogen) atoms. The summed E-state index contributed by atoms with van der Waals surface area (Å²) in [5.74, 6) is 0.746. The summed E-state index contributed by atoms with van der Waals surface area (Å²) in [7, 11) is 2.09. The largest absolute Gasteiger partial charge is 0.444 e. The number of fused-ring (bicyclic) bond motifs is 4. The van der Waals surface area contributed by atoms with E-state index in [1.165, 1.54) is 5.56 Å². The molecule has 0 unspecified atom stereocenters. The first-order valence-corrected chi connectivity index (χ1v) is 18.3. The highest BCUT2D eigenvalue weighted by Crippen LogP contribution is 2.51. The van der Waals surface area contributed by atoms with Crippen molar-refractivity contribution in [2.75, 3.05) is 62.7 Å². The number of ether oxygens (including phenoxy) is 1. The second-order valence-corrected chi connectivity index (χ2v) is 16.1. The summed E-state index contributed by atoms with van der Waals surface area (Å²) >= 11 is 0. The van der Waals surface area contributed by atoms with Crippen LogP contribution >= 0.6 is 0 Å². The maximum Gasteiger partial charge on any atom is 0.410 e. The molecule has 2 saturated heterocycles. The number of likely N-dealkylation sites (N-methyl/N-ethyl adjacent to an activating group) is 1. The number of rotatable bonds is 4. The molecular formula is C38H48F2N8O3.